The van der Waals surface area contributed by atoms with E-state index in [9.17, 15) is 4.39 Å². The van der Waals surface area contributed by atoms with Crippen molar-refractivity contribution in [1.82, 2.24) is 9.88 Å². The van der Waals surface area contributed by atoms with E-state index in [4.69, 9.17) is 13.9 Å². The first-order valence-electron chi connectivity index (χ1n) is 7.81. The minimum absolute atomic E-state index is 0.0667. The molecule has 0 aliphatic carbocycles. The Balaban J connectivity index is 1.44. The predicted molar refractivity (Wildman–Crippen MR) is 80.4 cm³/mol. The second-order valence-electron chi connectivity index (χ2n) is 6.40. The fourth-order valence-electron chi connectivity index (χ4n) is 3.58. The van der Waals surface area contributed by atoms with Gasteiger partial charge in [-0.05, 0) is 24.3 Å². The summed E-state index contributed by atoms with van der Waals surface area (Å²) in [5.41, 5.74) is -0.101. The molecule has 0 aromatic carbocycles. The van der Waals surface area contributed by atoms with E-state index in [1.165, 1.54) is 12.3 Å². The lowest BCUT2D eigenvalue weighted by Gasteiger charge is -2.26. The molecule has 0 unspecified atom stereocenters. The number of nitrogens with zero attached hydrogens (tertiary/aromatic N) is 2. The molecule has 2 aliphatic heterocycles. The van der Waals surface area contributed by atoms with Gasteiger partial charge in [-0.3, -0.25) is 4.90 Å². The maximum Gasteiger partial charge on any atom is 0.250 e. The summed E-state index contributed by atoms with van der Waals surface area (Å²) < 4.78 is 30.5. The average Bonchev–Trinajstić information content (AvgIpc) is 3.23. The molecule has 0 spiro atoms. The minimum atomic E-state index is -0.426. The lowest BCUT2D eigenvalue weighted by atomic mass is 9.82. The lowest BCUT2D eigenvalue weighted by molar-refractivity contribution is 0.0850. The molecule has 6 heteroatoms. The highest BCUT2D eigenvalue weighted by Gasteiger charge is 2.51. The summed E-state index contributed by atoms with van der Waals surface area (Å²) in [6.45, 7) is 4.36. The van der Waals surface area contributed by atoms with Gasteiger partial charge in [-0.2, -0.15) is 0 Å². The van der Waals surface area contributed by atoms with Crippen molar-refractivity contribution in [3.8, 4) is 5.88 Å². The van der Waals surface area contributed by atoms with E-state index in [1.807, 2.05) is 12.1 Å². The second-order valence-corrected chi connectivity index (χ2v) is 6.40. The Kier molecular flexibility index (Phi) is 3.79. The Morgan fingerprint density at radius 2 is 2.35 bits per heavy atom. The predicted octanol–water partition coefficient (Wildman–Crippen LogP) is 2.34. The molecule has 0 saturated carbocycles. The van der Waals surface area contributed by atoms with Crippen LogP contribution in [0.2, 0.25) is 0 Å². The maximum absolute atomic E-state index is 13.7. The highest BCUT2D eigenvalue weighted by Crippen LogP contribution is 2.42. The van der Waals surface area contributed by atoms with Gasteiger partial charge in [0.15, 0.2) is 5.82 Å². The molecule has 0 bridgehead atoms. The average molecular weight is 318 g/mol. The van der Waals surface area contributed by atoms with Gasteiger partial charge < -0.3 is 13.9 Å². The van der Waals surface area contributed by atoms with Crippen molar-refractivity contribution in [3.63, 3.8) is 0 Å². The van der Waals surface area contributed by atoms with Crippen LogP contribution >= 0.6 is 0 Å². The van der Waals surface area contributed by atoms with E-state index >= 15 is 0 Å². The third-order valence-electron chi connectivity index (χ3n) is 4.77. The topological polar surface area (TPSA) is 47.7 Å². The van der Waals surface area contributed by atoms with Crippen LogP contribution in [-0.4, -0.2) is 42.8 Å². The molecule has 2 fully saturated rings. The standard InChI is InChI=1S/C17H19FN2O3/c18-15-4-1-5-19-16(15)23-12-17-10-20(7-13(17)9-21-11-17)8-14-3-2-6-22-14/h1-6,13H,7-12H2/t13-,17+/m0/s1. The van der Waals surface area contributed by atoms with Crippen LogP contribution in [0.5, 0.6) is 5.88 Å². The number of furan rings is 1. The molecular weight excluding hydrogens is 299 g/mol. The molecule has 4 rings (SSSR count). The number of fused-ring (bicyclic) bond motifs is 1. The Labute approximate surface area is 134 Å². The fraction of sp³-hybridized carbons (Fsp3) is 0.471. The van der Waals surface area contributed by atoms with Crippen LogP contribution in [0, 0.1) is 17.2 Å². The monoisotopic (exact) mass is 318 g/mol. The SMILES string of the molecule is Fc1cccnc1OC[C@@]12COC[C@@H]1CN(Cc1ccco1)C2. The number of halogens is 1. The largest absolute Gasteiger partial charge is 0.475 e. The number of rotatable bonds is 5. The van der Waals surface area contributed by atoms with E-state index in [0.717, 1.165) is 32.0 Å². The zero-order valence-electron chi connectivity index (χ0n) is 12.8. The first kappa shape index (κ1) is 14.7. The molecule has 0 amide bonds. The molecule has 5 nitrogen and oxygen atoms in total. The Bertz CT molecular complexity index is 664. The fourth-order valence-corrected chi connectivity index (χ4v) is 3.58. The molecule has 4 heterocycles. The maximum atomic E-state index is 13.7. The minimum Gasteiger partial charge on any atom is -0.475 e. The Hall–Kier alpha value is -1.92. The molecular formula is C17H19FN2O3. The number of aromatic nitrogens is 1. The van der Waals surface area contributed by atoms with Gasteiger partial charge in [0.2, 0.25) is 5.88 Å². The number of hydrogen-bond donors (Lipinski definition) is 0. The summed E-state index contributed by atoms with van der Waals surface area (Å²) >= 11 is 0. The molecule has 2 aromatic rings. The van der Waals surface area contributed by atoms with Crippen LogP contribution in [0.1, 0.15) is 5.76 Å². The molecule has 2 aliphatic rings. The third-order valence-corrected chi connectivity index (χ3v) is 4.77. The number of hydrogen-bond acceptors (Lipinski definition) is 5. The van der Waals surface area contributed by atoms with Crippen LogP contribution in [0.4, 0.5) is 4.39 Å². The Morgan fingerprint density at radius 1 is 1.39 bits per heavy atom. The van der Waals surface area contributed by atoms with Crippen molar-refractivity contribution < 1.29 is 18.3 Å². The van der Waals surface area contributed by atoms with Crippen molar-refractivity contribution in [1.29, 1.82) is 0 Å². The molecule has 2 aromatic heterocycles. The smallest absolute Gasteiger partial charge is 0.250 e. The van der Waals surface area contributed by atoms with Crippen LogP contribution < -0.4 is 4.74 Å². The highest BCUT2D eigenvalue weighted by molar-refractivity contribution is 5.13. The van der Waals surface area contributed by atoms with Gasteiger partial charge in [-0.1, -0.05) is 0 Å². The van der Waals surface area contributed by atoms with E-state index in [1.54, 1.807) is 12.3 Å². The first-order chi connectivity index (χ1) is 11.3. The van der Waals surface area contributed by atoms with Gasteiger partial charge in [0.1, 0.15) is 5.76 Å². The van der Waals surface area contributed by atoms with Crippen molar-refractivity contribution in [2.45, 2.75) is 6.54 Å². The summed E-state index contributed by atoms with van der Waals surface area (Å²) in [4.78, 5) is 6.31. The Morgan fingerprint density at radius 3 is 3.17 bits per heavy atom. The summed E-state index contributed by atoms with van der Waals surface area (Å²) in [5.74, 6) is 0.990. The summed E-state index contributed by atoms with van der Waals surface area (Å²) in [6, 6.07) is 6.80. The van der Waals surface area contributed by atoms with Crippen molar-refractivity contribution in [3.05, 3.63) is 48.3 Å². The third kappa shape index (κ3) is 2.84. The lowest BCUT2D eigenvalue weighted by Crippen LogP contribution is -2.37. The number of ether oxygens (including phenoxy) is 2. The quantitative estimate of drug-likeness (QED) is 0.847. The van der Waals surface area contributed by atoms with E-state index in [-0.39, 0.29) is 11.3 Å². The van der Waals surface area contributed by atoms with Crippen LogP contribution in [-0.2, 0) is 11.3 Å². The van der Waals surface area contributed by atoms with E-state index < -0.39 is 5.82 Å². The molecule has 2 saturated heterocycles. The van der Waals surface area contributed by atoms with Gasteiger partial charge in [0.05, 0.1) is 32.6 Å². The molecule has 0 N–H and O–H groups in total. The van der Waals surface area contributed by atoms with Gasteiger partial charge in [-0.25, -0.2) is 9.37 Å². The van der Waals surface area contributed by atoms with Crippen LogP contribution in [0.3, 0.4) is 0 Å². The van der Waals surface area contributed by atoms with Crippen molar-refractivity contribution in [2.24, 2.45) is 11.3 Å². The summed E-state index contributed by atoms with van der Waals surface area (Å²) in [7, 11) is 0. The van der Waals surface area contributed by atoms with Gasteiger partial charge >= 0.3 is 0 Å². The van der Waals surface area contributed by atoms with Crippen LogP contribution in [0.25, 0.3) is 0 Å². The van der Waals surface area contributed by atoms with Crippen molar-refractivity contribution >= 4 is 0 Å². The number of pyridine rings is 1. The van der Waals surface area contributed by atoms with E-state index in [2.05, 4.69) is 9.88 Å². The molecule has 23 heavy (non-hydrogen) atoms. The normalized spacial score (nSPS) is 27.3. The zero-order valence-corrected chi connectivity index (χ0v) is 12.8. The van der Waals surface area contributed by atoms with Gasteiger partial charge in [0, 0.05) is 30.6 Å². The van der Waals surface area contributed by atoms with E-state index in [0.29, 0.717) is 19.1 Å². The highest BCUT2D eigenvalue weighted by atomic mass is 19.1. The first-order valence-corrected chi connectivity index (χ1v) is 7.81. The molecule has 122 valence electrons. The zero-order chi connectivity index (χ0) is 15.7. The second kappa shape index (κ2) is 5.94. The van der Waals surface area contributed by atoms with Gasteiger partial charge in [-0.15, -0.1) is 0 Å². The number of likely N-dealkylation sites (tertiary alicyclic amines) is 1. The summed E-state index contributed by atoms with van der Waals surface area (Å²) in [6.07, 6.45) is 3.23. The molecule has 2 atom stereocenters. The molecule has 0 radical (unpaired) electrons. The van der Waals surface area contributed by atoms with Gasteiger partial charge in [0.25, 0.3) is 0 Å². The van der Waals surface area contributed by atoms with Crippen LogP contribution in [0.15, 0.2) is 41.1 Å². The summed E-state index contributed by atoms with van der Waals surface area (Å²) in [5, 5.41) is 0. The van der Waals surface area contributed by atoms with Crippen molar-refractivity contribution in [2.75, 3.05) is 32.9 Å².